The smallest absolute Gasteiger partial charge is 0.317 e. The van der Waals surface area contributed by atoms with Gasteiger partial charge in [0.15, 0.2) is 5.11 Å². The molecule has 1 fully saturated rings. The number of thiocarbonyl (C=S) groups is 1. The van der Waals surface area contributed by atoms with E-state index in [0.717, 1.165) is 0 Å². The van der Waals surface area contributed by atoms with Crippen LogP contribution in [-0.2, 0) is 9.53 Å². The maximum absolute atomic E-state index is 13.0. The Morgan fingerprint density at radius 1 is 1.28 bits per heavy atom. The summed E-state index contributed by atoms with van der Waals surface area (Å²) in [4.78, 5) is 14.8. The van der Waals surface area contributed by atoms with E-state index in [9.17, 15) is 4.79 Å². The lowest BCUT2D eigenvalue weighted by Gasteiger charge is -2.55. The van der Waals surface area contributed by atoms with Gasteiger partial charge in [-0.25, -0.2) is 0 Å². The van der Waals surface area contributed by atoms with E-state index in [2.05, 4.69) is 5.32 Å². The van der Waals surface area contributed by atoms with E-state index in [0.29, 0.717) is 37.2 Å². The zero-order valence-corrected chi connectivity index (χ0v) is 18.6. The molecule has 0 amide bonds. The molecule has 152 valence electrons. The summed E-state index contributed by atoms with van der Waals surface area (Å²) in [7, 11) is 0. The van der Waals surface area contributed by atoms with Crippen LogP contribution in [0.3, 0.4) is 0 Å². The zero-order valence-electron chi connectivity index (χ0n) is 15.5. The monoisotopic (exact) mass is 470 g/mol. The molecule has 1 saturated heterocycles. The molecule has 1 N–H and O–H groups in total. The van der Waals surface area contributed by atoms with Gasteiger partial charge in [0.2, 0.25) is 5.72 Å². The summed E-state index contributed by atoms with van der Waals surface area (Å²) in [5, 5.41) is 4.97. The topological polar surface area (TPSA) is 50.8 Å². The van der Waals surface area contributed by atoms with Crippen LogP contribution < -0.4 is 15.0 Å². The van der Waals surface area contributed by atoms with Gasteiger partial charge in [-0.2, -0.15) is 0 Å². The van der Waals surface area contributed by atoms with Crippen molar-refractivity contribution < 1.29 is 14.3 Å². The minimum atomic E-state index is -1.20. The molecule has 3 atom stereocenters. The van der Waals surface area contributed by atoms with E-state index in [1.54, 1.807) is 49.1 Å². The van der Waals surface area contributed by atoms with Crippen LogP contribution in [0.5, 0.6) is 5.75 Å². The van der Waals surface area contributed by atoms with Gasteiger partial charge >= 0.3 is 5.97 Å². The highest BCUT2D eigenvalue weighted by molar-refractivity contribution is 7.80. The van der Waals surface area contributed by atoms with Crippen LogP contribution >= 0.6 is 47.0 Å². The van der Waals surface area contributed by atoms with Gasteiger partial charge in [0, 0.05) is 21.3 Å². The van der Waals surface area contributed by atoms with Crippen LogP contribution in [-0.4, -0.2) is 23.4 Å². The molecule has 2 aromatic rings. The molecule has 2 heterocycles. The summed E-state index contributed by atoms with van der Waals surface area (Å²) in [6.45, 7) is 3.79. The third kappa shape index (κ3) is 3.32. The second-order valence-corrected chi connectivity index (χ2v) is 8.60. The van der Waals surface area contributed by atoms with Crippen molar-refractivity contribution in [3.8, 4) is 5.75 Å². The molecule has 9 heteroatoms. The fourth-order valence-corrected chi connectivity index (χ4v) is 5.14. The second-order valence-electron chi connectivity index (χ2n) is 6.93. The van der Waals surface area contributed by atoms with Gasteiger partial charge in [0.25, 0.3) is 0 Å². The lowest BCUT2D eigenvalue weighted by atomic mass is 9.79. The number of carbonyl (C=O) groups is 1. The second kappa shape index (κ2) is 7.51. The Bertz CT molecular complexity index is 1020. The lowest BCUT2D eigenvalue weighted by molar-refractivity contribution is -0.159. The van der Waals surface area contributed by atoms with Crippen LogP contribution in [0.2, 0.25) is 15.1 Å². The highest BCUT2D eigenvalue weighted by Crippen LogP contribution is 2.52. The molecule has 29 heavy (non-hydrogen) atoms. The van der Waals surface area contributed by atoms with Gasteiger partial charge in [-0.1, -0.05) is 40.9 Å². The van der Waals surface area contributed by atoms with Crippen molar-refractivity contribution in [2.75, 3.05) is 11.5 Å². The van der Waals surface area contributed by atoms with Crippen molar-refractivity contribution in [3.63, 3.8) is 0 Å². The molecular formula is C20H17Cl3N2O3S. The van der Waals surface area contributed by atoms with Gasteiger partial charge < -0.3 is 14.8 Å². The number of esters is 1. The number of nitrogens with zero attached hydrogens (tertiary/aromatic N) is 1. The van der Waals surface area contributed by atoms with Crippen molar-refractivity contribution >= 4 is 63.8 Å². The predicted molar refractivity (Wildman–Crippen MR) is 118 cm³/mol. The number of carbonyl (C=O) groups excluding carboxylic acids is 1. The summed E-state index contributed by atoms with van der Waals surface area (Å²) >= 11 is 24.5. The van der Waals surface area contributed by atoms with Gasteiger partial charge in [0.05, 0.1) is 17.7 Å². The molecule has 2 aliphatic heterocycles. The molecule has 0 unspecified atom stereocenters. The van der Waals surface area contributed by atoms with Gasteiger partial charge in [-0.15, -0.1) is 0 Å². The third-order valence-electron chi connectivity index (χ3n) is 5.12. The number of halogens is 3. The number of anilines is 1. The minimum absolute atomic E-state index is 0.239. The molecule has 2 aliphatic rings. The standard InChI is InChI=1S/C20H17Cl3N2O3S/c1-3-27-18(26)15-16-13-8-11(22)9-14(23)17(13)28-20(15,2)25(19(29)24-16)12-6-4-5-10(21)7-12/h4-9,15-16H,3H2,1-2H3,(H,24,29)/t15-,16+,20-/m0/s1. The quantitative estimate of drug-likeness (QED) is 0.480. The first kappa shape index (κ1) is 20.5. The first-order valence-electron chi connectivity index (χ1n) is 8.97. The Labute approximate surface area is 188 Å². The van der Waals surface area contributed by atoms with Crippen LogP contribution in [0, 0.1) is 5.92 Å². The fourth-order valence-electron chi connectivity index (χ4n) is 4.00. The zero-order chi connectivity index (χ0) is 20.9. The number of benzene rings is 2. The normalized spacial score (nSPS) is 25.0. The Kier molecular flexibility index (Phi) is 5.32. The van der Waals surface area contributed by atoms with Crippen LogP contribution in [0.25, 0.3) is 0 Å². The number of hydrogen-bond donors (Lipinski definition) is 1. The van der Waals surface area contributed by atoms with E-state index >= 15 is 0 Å². The fraction of sp³-hybridized carbons (Fsp3) is 0.300. The predicted octanol–water partition coefficient (Wildman–Crippen LogP) is 5.37. The van der Waals surface area contributed by atoms with Crippen molar-refractivity contribution in [2.24, 2.45) is 5.92 Å². The largest absolute Gasteiger partial charge is 0.466 e. The van der Waals surface area contributed by atoms with Crippen molar-refractivity contribution in [1.82, 2.24) is 5.32 Å². The van der Waals surface area contributed by atoms with E-state index in [4.69, 9.17) is 56.5 Å². The molecule has 2 bridgehead atoms. The highest BCUT2D eigenvalue weighted by atomic mass is 35.5. The first-order chi connectivity index (χ1) is 13.8. The van der Waals surface area contributed by atoms with E-state index in [-0.39, 0.29) is 6.61 Å². The molecular weight excluding hydrogens is 455 g/mol. The Balaban J connectivity index is 1.93. The van der Waals surface area contributed by atoms with Crippen LogP contribution in [0.1, 0.15) is 25.5 Å². The summed E-state index contributed by atoms with van der Waals surface area (Å²) in [5.41, 5.74) is 0.138. The number of nitrogens with one attached hydrogen (secondary N) is 1. The Morgan fingerprint density at radius 3 is 2.72 bits per heavy atom. The summed E-state index contributed by atoms with van der Waals surface area (Å²) < 4.78 is 11.8. The van der Waals surface area contributed by atoms with Crippen molar-refractivity contribution in [1.29, 1.82) is 0 Å². The third-order valence-corrected chi connectivity index (χ3v) is 6.16. The van der Waals surface area contributed by atoms with Crippen LogP contribution in [0.15, 0.2) is 36.4 Å². The molecule has 2 aromatic carbocycles. The minimum Gasteiger partial charge on any atom is -0.466 e. The molecule has 4 rings (SSSR count). The maximum atomic E-state index is 13.0. The van der Waals surface area contributed by atoms with Gasteiger partial charge in [0.1, 0.15) is 11.7 Å². The summed E-state index contributed by atoms with van der Waals surface area (Å²) in [5.74, 6) is -0.704. The molecule has 0 spiro atoms. The van der Waals surface area contributed by atoms with Gasteiger partial charge in [-0.3, -0.25) is 9.69 Å². The summed E-state index contributed by atoms with van der Waals surface area (Å²) in [6, 6.07) is 9.98. The maximum Gasteiger partial charge on any atom is 0.317 e. The number of hydrogen-bond acceptors (Lipinski definition) is 4. The van der Waals surface area contributed by atoms with E-state index in [1.165, 1.54) is 0 Å². The molecule has 0 saturated carbocycles. The van der Waals surface area contributed by atoms with Crippen molar-refractivity contribution in [2.45, 2.75) is 25.6 Å². The SMILES string of the molecule is CCOC(=O)[C@@H]1[C@@H]2NC(=S)N(c3cccc(Cl)c3)[C@@]1(C)Oc1c(Cl)cc(Cl)cc12. The van der Waals surface area contributed by atoms with E-state index < -0.39 is 23.7 Å². The van der Waals surface area contributed by atoms with Crippen LogP contribution in [0.4, 0.5) is 5.69 Å². The Hall–Kier alpha value is -1.73. The molecule has 5 nitrogen and oxygen atoms in total. The molecule has 0 radical (unpaired) electrons. The highest BCUT2D eigenvalue weighted by Gasteiger charge is 2.60. The number of ether oxygens (including phenoxy) is 2. The molecule has 0 aliphatic carbocycles. The average molecular weight is 472 g/mol. The number of rotatable bonds is 3. The molecule has 0 aromatic heterocycles. The number of fused-ring (bicyclic) bond motifs is 4. The van der Waals surface area contributed by atoms with E-state index in [1.807, 2.05) is 6.07 Å². The van der Waals surface area contributed by atoms with Gasteiger partial charge in [-0.05, 0) is 56.4 Å². The summed E-state index contributed by atoms with van der Waals surface area (Å²) in [6.07, 6.45) is 0. The average Bonchev–Trinajstić information content (AvgIpc) is 2.62. The first-order valence-corrected chi connectivity index (χ1v) is 10.5. The Morgan fingerprint density at radius 2 is 2.03 bits per heavy atom. The lowest BCUT2D eigenvalue weighted by Crippen LogP contribution is -2.71. The van der Waals surface area contributed by atoms with Crippen molar-refractivity contribution in [3.05, 3.63) is 57.0 Å².